The Hall–Kier alpha value is -1.99. The van der Waals surface area contributed by atoms with Gasteiger partial charge in [0.25, 0.3) is 0 Å². The first-order chi connectivity index (χ1) is 13.7. The average molecular weight is 386 g/mol. The predicted molar refractivity (Wildman–Crippen MR) is 107 cm³/mol. The average Bonchev–Trinajstić information content (AvgIpc) is 3.06. The summed E-state index contributed by atoms with van der Waals surface area (Å²) in [6.07, 6.45) is 6.71. The number of aromatic nitrogens is 3. The van der Waals surface area contributed by atoms with Crippen molar-refractivity contribution in [2.45, 2.75) is 38.5 Å². The molecule has 0 atom stereocenters. The van der Waals surface area contributed by atoms with Gasteiger partial charge in [-0.3, -0.25) is 9.69 Å². The SMILES string of the molecule is Cn1nc(C(=O)CC2CCCCC2)c2ccc(OCCN3CCOCC3)nc21. The molecule has 3 heterocycles. The number of aryl methyl sites for hydroxylation is 1. The molecular formula is C21H30N4O3. The van der Waals surface area contributed by atoms with E-state index in [9.17, 15) is 4.79 Å². The number of ether oxygens (including phenoxy) is 2. The lowest BCUT2D eigenvalue weighted by Gasteiger charge is -2.26. The number of Topliss-reactive ketones (excluding diaryl/α,β-unsaturated/α-hetero) is 1. The van der Waals surface area contributed by atoms with Gasteiger partial charge in [0, 0.05) is 39.2 Å². The first-order valence-corrected chi connectivity index (χ1v) is 10.5. The maximum atomic E-state index is 12.8. The van der Waals surface area contributed by atoms with Crippen molar-refractivity contribution in [2.24, 2.45) is 13.0 Å². The van der Waals surface area contributed by atoms with E-state index >= 15 is 0 Å². The van der Waals surface area contributed by atoms with Crippen LogP contribution in [0.2, 0.25) is 0 Å². The van der Waals surface area contributed by atoms with E-state index in [1.165, 1.54) is 19.3 Å². The standard InChI is InChI=1S/C21H30N4O3/c1-24-21-17(20(23-24)18(26)15-16-5-3-2-4-6-16)7-8-19(22-21)28-14-11-25-9-12-27-13-10-25/h7-8,16H,2-6,9-15H2,1H3. The summed E-state index contributed by atoms with van der Waals surface area (Å²) in [4.78, 5) is 19.7. The molecule has 2 aromatic heterocycles. The summed E-state index contributed by atoms with van der Waals surface area (Å²) < 4.78 is 12.9. The summed E-state index contributed by atoms with van der Waals surface area (Å²) in [5.41, 5.74) is 1.26. The van der Waals surface area contributed by atoms with E-state index in [2.05, 4.69) is 15.0 Å². The quantitative estimate of drug-likeness (QED) is 0.682. The van der Waals surface area contributed by atoms with E-state index in [0.29, 0.717) is 36.2 Å². The Kier molecular flexibility index (Phi) is 6.22. The topological polar surface area (TPSA) is 69.5 Å². The zero-order valence-electron chi connectivity index (χ0n) is 16.7. The molecule has 0 amide bonds. The van der Waals surface area contributed by atoms with Gasteiger partial charge in [-0.2, -0.15) is 10.1 Å². The van der Waals surface area contributed by atoms with Crippen LogP contribution in [0.3, 0.4) is 0 Å². The number of fused-ring (bicyclic) bond motifs is 1. The number of carbonyl (C=O) groups excluding carboxylic acids is 1. The first-order valence-electron chi connectivity index (χ1n) is 10.5. The normalized spacial score (nSPS) is 19.2. The van der Waals surface area contributed by atoms with E-state index in [4.69, 9.17) is 9.47 Å². The second kappa shape index (κ2) is 9.01. The third-order valence-electron chi connectivity index (χ3n) is 5.89. The van der Waals surface area contributed by atoms with Gasteiger partial charge in [-0.05, 0) is 12.0 Å². The van der Waals surface area contributed by atoms with Crippen molar-refractivity contribution in [1.82, 2.24) is 19.7 Å². The molecule has 2 aromatic rings. The third-order valence-corrected chi connectivity index (χ3v) is 5.89. The van der Waals surface area contributed by atoms with Crippen molar-refractivity contribution in [3.63, 3.8) is 0 Å². The number of rotatable bonds is 7. The minimum atomic E-state index is 0.139. The fourth-order valence-electron chi connectivity index (χ4n) is 4.25. The summed E-state index contributed by atoms with van der Waals surface area (Å²) in [5, 5.41) is 5.30. The highest BCUT2D eigenvalue weighted by Gasteiger charge is 2.22. The van der Waals surface area contributed by atoms with Gasteiger partial charge in [-0.25, -0.2) is 4.68 Å². The fourth-order valence-corrected chi connectivity index (χ4v) is 4.25. The zero-order chi connectivity index (χ0) is 19.3. The molecule has 0 unspecified atom stereocenters. The van der Waals surface area contributed by atoms with Gasteiger partial charge in [0.05, 0.1) is 18.6 Å². The van der Waals surface area contributed by atoms with E-state index in [1.54, 1.807) is 4.68 Å². The molecule has 2 fully saturated rings. The second-order valence-corrected chi connectivity index (χ2v) is 7.93. The van der Waals surface area contributed by atoms with Crippen LogP contribution in [0.1, 0.15) is 49.0 Å². The van der Waals surface area contributed by atoms with Crippen LogP contribution in [0.15, 0.2) is 12.1 Å². The van der Waals surface area contributed by atoms with E-state index < -0.39 is 0 Å². The number of nitrogens with zero attached hydrogens (tertiary/aromatic N) is 4. The highest BCUT2D eigenvalue weighted by Crippen LogP contribution is 2.29. The lowest BCUT2D eigenvalue weighted by molar-refractivity contribution is 0.0320. The van der Waals surface area contributed by atoms with Crippen molar-refractivity contribution in [2.75, 3.05) is 39.5 Å². The van der Waals surface area contributed by atoms with Gasteiger partial charge in [-0.15, -0.1) is 0 Å². The third kappa shape index (κ3) is 4.52. The summed E-state index contributed by atoms with van der Waals surface area (Å²) in [5.74, 6) is 1.23. The molecule has 0 N–H and O–H groups in total. The molecule has 152 valence electrons. The van der Waals surface area contributed by atoms with Gasteiger partial charge in [0.15, 0.2) is 11.4 Å². The minimum Gasteiger partial charge on any atom is -0.476 e. The summed E-state index contributed by atoms with van der Waals surface area (Å²) in [7, 11) is 1.84. The Morgan fingerprint density at radius 2 is 2.00 bits per heavy atom. The Balaban J connectivity index is 1.40. The summed E-state index contributed by atoms with van der Waals surface area (Å²) in [6, 6.07) is 3.77. The monoisotopic (exact) mass is 386 g/mol. The molecule has 1 saturated carbocycles. The smallest absolute Gasteiger partial charge is 0.215 e. The van der Waals surface area contributed by atoms with Crippen LogP contribution in [0.25, 0.3) is 11.0 Å². The van der Waals surface area contributed by atoms with Crippen LogP contribution < -0.4 is 4.74 Å². The highest BCUT2D eigenvalue weighted by molar-refractivity contribution is 6.05. The highest BCUT2D eigenvalue weighted by atomic mass is 16.5. The lowest BCUT2D eigenvalue weighted by Crippen LogP contribution is -2.38. The first kappa shape index (κ1) is 19.3. The van der Waals surface area contributed by atoms with Crippen LogP contribution >= 0.6 is 0 Å². The van der Waals surface area contributed by atoms with Crippen molar-refractivity contribution in [3.05, 3.63) is 17.8 Å². The largest absolute Gasteiger partial charge is 0.476 e. The Labute approximate surface area is 166 Å². The molecule has 0 bridgehead atoms. The maximum absolute atomic E-state index is 12.8. The maximum Gasteiger partial charge on any atom is 0.215 e. The molecule has 7 nitrogen and oxygen atoms in total. The van der Waals surface area contributed by atoms with Crippen molar-refractivity contribution < 1.29 is 14.3 Å². The molecule has 28 heavy (non-hydrogen) atoms. The number of ketones is 1. The van der Waals surface area contributed by atoms with Crippen molar-refractivity contribution in [1.29, 1.82) is 0 Å². The molecule has 4 rings (SSSR count). The minimum absolute atomic E-state index is 0.139. The number of hydrogen-bond donors (Lipinski definition) is 0. The van der Waals surface area contributed by atoms with Crippen LogP contribution in [-0.2, 0) is 11.8 Å². The summed E-state index contributed by atoms with van der Waals surface area (Å²) >= 11 is 0. The van der Waals surface area contributed by atoms with Crippen LogP contribution in [0.5, 0.6) is 5.88 Å². The van der Waals surface area contributed by atoms with Crippen LogP contribution in [0.4, 0.5) is 0 Å². The van der Waals surface area contributed by atoms with E-state index in [-0.39, 0.29) is 5.78 Å². The second-order valence-electron chi connectivity index (χ2n) is 7.93. The zero-order valence-corrected chi connectivity index (χ0v) is 16.7. The molecule has 1 aliphatic carbocycles. The summed E-state index contributed by atoms with van der Waals surface area (Å²) in [6.45, 7) is 4.92. The Morgan fingerprint density at radius 1 is 1.21 bits per heavy atom. The molecule has 1 saturated heterocycles. The van der Waals surface area contributed by atoms with Crippen LogP contribution in [0, 0.1) is 5.92 Å². The molecule has 0 spiro atoms. The number of carbonyl (C=O) groups is 1. The predicted octanol–water partition coefficient (Wildman–Crippen LogP) is 2.83. The van der Waals surface area contributed by atoms with E-state index in [1.807, 2.05) is 19.2 Å². The molecule has 0 radical (unpaired) electrons. The molecule has 1 aliphatic heterocycles. The van der Waals surface area contributed by atoms with Crippen molar-refractivity contribution in [3.8, 4) is 5.88 Å². The Bertz CT molecular complexity index is 807. The lowest BCUT2D eigenvalue weighted by atomic mass is 9.85. The molecule has 7 heteroatoms. The number of morpholine rings is 1. The van der Waals surface area contributed by atoms with Gasteiger partial charge in [0.1, 0.15) is 12.3 Å². The fraction of sp³-hybridized carbons (Fsp3) is 0.667. The molecular weight excluding hydrogens is 356 g/mol. The Morgan fingerprint density at radius 3 is 2.79 bits per heavy atom. The molecule has 2 aliphatic rings. The number of hydrogen-bond acceptors (Lipinski definition) is 6. The van der Waals surface area contributed by atoms with Crippen molar-refractivity contribution >= 4 is 16.8 Å². The number of pyridine rings is 1. The molecule has 0 aromatic carbocycles. The van der Waals surface area contributed by atoms with E-state index in [0.717, 1.165) is 51.1 Å². The van der Waals surface area contributed by atoms with Gasteiger partial charge < -0.3 is 9.47 Å². The van der Waals surface area contributed by atoms with Gasteiger partial charge >= 0.3 is 0 Å². The van der Waals surface area contributed by atoms with Gasteiger partial charge in [0.2, 0.25) is 5.88 Å². The van der Waals surface area contributed by atoms with Gasteiger partial charge in [-0.1, -0.05) is 32.1 Å². The van der Waals surface area contributed by atoms with Crippen LogP contribution in [-0.4, -0.2) is 64.9 Å².